The van der Waals surface area contributed by atoms with E-state index in [-0.39, 0.29) is 6.42 Å². The third-order valence-electron chi connectivity index (χ3n) is 9.95. The summed E-state index contributed by atoms with van der Waals surface area (Å²) in [4.78, 5) is 87.7. The molecule has 1 rings (SSSR count). The van der Waals surface area contributed by atoms with E-state index in [1.165, 1.54) is 33.0 Å². The first kappa shape index (κ1) is 43.8. The zero-order chi connectivity index (χ0) is 38.3. The van der Waals surface area contributed by atoms with Crippen molar-refractivity contribution in [2.75, 3.05) is 21.1 Å². The van der Waals surface area contributed by atoms with E-state index in [2.05, 4.69) is 0 Å². The van der Waals surface area contributed by atoms with Gasteiger partial charge in [-0.05, 0) is 43.9 Å². The van der Waals surface area contributed by atoms with Gasteiger partial charge in [-0.1, -0.05) is 76.2 Å². The Labute approximate surface area is 293 Å². The molecule has 0 radical (unpaired) electrons. The summed E-state index contributed by atoms with van der Waals surface area (Å²) in [6, 6.07) is -3.62. The summed E-state index contributed by atoms with van der Waals surface area (Å²) in [6.45, 7) is 20.4. The molecule has 1 heterocycles. The van der Waals surface area contributed by atoms with Gasteiger partial charge in [0.25, 0.3) is 17.7 Å². The van der Waals surface area contributed by atoms with Crippen LogP contribution in [0.3, 0.4) is 0 Å². The molecule has 1 aliphatic heterocycles. The van der Waals surface area contributed by atoms with Gasteiger partial charge in [0.05, 0.1) is 0 Å². The first-order valence-electron chi connectivity index (χ1n) is 17.7. The Morgan fingerprint density at radius 3 is 1.12 bits per heavy atom. The standard InChI is InChI=1S/C36H63N3O10/c1-16-22(10)27-30(40)37(13)24(19(4)5)33(43)47-28(23(11)17-2)31(41)38(14)26(21(8)9)35(45)49-29(36(12,46)18-3)32(42)39(15)25(20(6)7)34(44)48-27/h19-29,46H,16-18H2,1-15H3. The molecular weight excluding hydrogens is 634 g/mol. The molecule has 9 unspecified atom stereocenters. The fraction of sp³-hybridized carbons (Fsp3) is 0.833. The summed E-state index contributed by atoms with van der Waals surface area (Å²) in [5, 5.41) is 11.4. The molecule has 13 heteroatoms. The maximum absolute atomic E-state index is 14.2. The van der Waals surface area contributed by atoms with Crippen LogP contribution in [0, 0.1) is 29.6 Å². The van der Waals surface area contributed by atoms with Crippen LogP contribution in [0.4, 0.5) is 0 Å². The molecule has 0 aromatic heterocycles. The molecule has 13 nitrogen and oxygen atoms in total. The van der Waals surface area contributed by atoms with E-state index in [0.717, 1.165) is 9.80 Å². The third kappa shape index (κ3) is 10.2. The topological polar surface area (TPSA) is 160 Å². The molecule has 1 aliphatic rings. The zero-order valence-corrected chi connectivity index (χ0v) is 32.4. The van der Waals surface area contributed by atoms with Gasteiger partial charge in [0.2, 0.25) is 6.10 Å². The minimum atomic E-state index is -1.87. The van der Waals surface area contributed by atoms with Gasteiger partial charge < -0.3 is 34.0 Å². The van der Waals surface area contributed by atoms with Crippen molar-refractivity contribution in [3.05, 3.63) is 0 Å². The Kier molecular flexibility index (Phi) is 16.2. The summed E-state index contributed by atoms with van der Waals surface area (Å²) in [6.07, 6.45) is -3.51. The smallest absolute Gasteiger partial charge is 0.330 e. The Morgan fingerprint density at radius 2 is 0.857 bits per heavy atom. The molecule has 0 bridgehead atoms. The van der Waals surface area contributed by atoms with Crippen LogP contribution < -0.4 is 0 Å². The van der Waals surface area contributed by atoms with E-state index in [9.17, 15) is 33.9 Å². The lowest BCUT2D eigenvalue weighted by Crippen LogP contribution is -2.60. The number of rotatable bonds is 9. The maximum atomic E-state index is 14.2. The lowest BCUT2D eigenvalue weighted by Gasteiger charge is -2.40. The van der Waals surface area contributed by atoms with Crippen LogP contribution in [-0.4, -0.2) is 119 Å². The van der Waals surface area contributed by atoms with Crippen LogP contribution in [0.5, 0.6) is 0 Å². The van der Waals surface area contributed by atoms with Crippen LogP contribution >= 0.6 is 0 Å². The number of amides is 3. The average Bonchev–Trinajstić information content (AvgIpc) is 3.02. The van der Waals surface area contributed by atoms with Gasteiger partial charge in [-0.25, -0.2) is 14.4 Å². The Morgan fingerprint density at radius 1 is 0.571 bits per heavy atom. The van der Waals surface area contributed by atoms with E-state index in [0.29, 0.717) is 12.8 Å². The Balaban J connectivity index is 4.10. The van der Waals surface area contributed by atoms with Gasteiger partial charge >= 0.3 is 17.9 Å². The lowest BCUT2D eigenvalue weighted by atomic mass is 9.92. The number of esters is 3. The molecule has 1 saturated heterocycles. The van der Waals surface area contributed by atoms with Gasteiger partial charge in [-0.3, -0.25) is 14.4 Å². The number of cyclic esters (lactones) is 3. The lowest BCUT2D eigenvalue weighted by molar-refractivity contribution is -0.189. The molecule has 0 aromatic rings. The number of likely N-dealkylation sites (N-methyl/N-ethyl adjacent to an activating group) is 3. The Bertz CT molecular complexity index is 1170. The summed E-state index contributed by atoms with van der Waals surface area (Å²) < 4.78 is 17.6. The molecule has 0 aromatic carbocycles. The van der Waals surface area contributed by atoms with Crippen LogP contribution in [0.15, 0.2) is 0 Å². The molecule has 0 spiro atoms. The minimum Gasteiger partial charge on any atom is -0.450 e. The fourth-order valence-corrected chi connectivity index (χ4v) is 6.08. The summed E-state index contributed by atoms with van der Waals surface area (Å²) >= 11 is 0. The quantitative estimate of drug-likeness (QED) is 0.279. The van der Waals surface area contributed by atoms with Crippen LogP contribution in [0.2, 0.25) is 0 Å². The largest absolute Gasteiger partial charge is 0.450 e. The number of carbonyl (C=O) groups excluding carboxylic acids is 6. The molecule has 9 atom stereocenters. The monoisotopic (exact) mass is 697 g/mol. The highest BCUT2D eigenvalue weighted by Gasteiger charge is 2.48. The highest BCUT2D eigenvalue weighted by Crippen LogP contribution is 2.28. The van der Waals surface area contributed by atoms with Gasteiger partial charge in [-0.15, -0.1) is 0 Å². The van der Waals surface area contributed by atoms with E-state index in [1.807, 2.05) is 13.8 Å². The number of hydrogen-bond acceptors (Lipinski definition) is 10. The molecule has 0 saturated carbocycles. The zero-order valence-electron chi connectivity index (χ0n) is 32.4. The van der Waals surface area contributed by atoms with Gasteiger partial charge in [-0.2, -0.15) is 0 Å². The predicted octanol–water partition coefficient (Wildman–Crippen LogP) is 3.44. The summed E-state index contributed by atoms with van der Waals surface area (Å²) in [5.74, 6) is -7.26. The fourth-order valence-electron chi connectivity index (χ4n) is 6.08. The molecule has 282 valence electrons. The number of nitrogens with zero attached hydrogens (tertiary/aromatic N) is 3. The van der Waals surface area contributed by atoms with Crippen molar-refractivity contribution in [1.82, 2.24) is 14.7 Å². The van der Waals surface area contributed by atoms with Gasteiger partial charge in [0.1, 0.15) is 23.7 Å². The summed E-state index contributed by atoms with van der Waals surface area (Å²) in [5.41, 5.74) is -1.87. The first-order chi connectivity index (χ1) is 22.5. The van der Waals surface area contributed by atoms with Crippen molar-refractivity contribution < 1.29 is 48.1 Å². The van der Waals surface area contributed by atoms with Crippen LogP contribution in [-0.2, 0) is 43.0 Å². The molecule has 49 heavy (non-hydrogen) atoms. The molecule has 0 aliphatic carbocycles. The number of aliphatic hydroxyl groups is 1. The van der Waals surface area contributed by atoms with Crippen molar-refractivity contribution in [2.45, 2.75) is 144 Å². The molecular formula is C36H63N3O10. The predicted molar refractivity (Wildman–Crippen MR) is 184 cm³/mol. The average molecular weight is 698 g/mol. The highest BCUT2D eigenvalue weighted by molar-refractivity contribution is 5.94. The van der Waals surface area contributed by atoms with Crippen molar-refractivity contribution >= 4 is 35.6 Å². The number of ether oxygens (including phenoxy) is 3. The van der Waals surface area contributed by atoms with Gasteiger partial charge in [0, 0.05) is 33.0 Å². The third-order valence-corrected chi connectivity index (χ3v) is 9.95. The van der Waals surface area contributed by atoms with Crippen molar-refractivity contribution in [2.24, 2.45) is 29.6 Å². The number of hydrogen-bond donors (Lipinski definition) is 1. The Hall–Kier alpha value is -3.22. The maximum Gasteiger partial charge on any atom is 0.330 e. The van der Waals surface area contributed by atoms with Crippen molar-refractivity contribution in [3.63, 3.8) is 0 Å². The van der Waals surface area contributed by atoms with E-state index in [1.54, 1.807) is 62.3 Å². The van der Waals surface area contributed by atoms with Crippen LogP contribution in [0.25, 0.3) is 0 Å². The second-order valence-corrected chi connectivity index (χ2v) is 14.9. The van der Waals surface area contributed by atoms with Crippen molar-refractivity contribution in [1.29, 1.82) is 0 Å². The second kappa shape index (κ2) is 18.1. The first-order valence-corrected chi connectivity index (χ1v) is 17.7. The second-order valence-electron chi connectivity index (χ2n) is 14.9. The van der Waals surface area contributed by atoms with Crippen LogP contribution in [0.1, 0.15) is 102 Å². The SMILES string of the molecule is CCC(C)C1OC(=O)C(C(C)C)N(C)C(=O)C(C(C)CC)OC(=O)C(C(C)C)N(C)C(=O)C(C(C)(O)CC)OC(=O)C(C(C)C)N(C)C1=O. The molecule has 1 fully saturated rings. The van der Waals surface area contributed by atoms with E-state index in [4.69, 9.17) is 14.2 Å². The van der Waals surface area contributed by atoms with E-state index >= 15 is 0 Å². The molecule has 3 amide bonds. The normalized spacial score (nSPS) is 28.6. The van der Waals surface area contributed by atoms with Crippen molar-refractivity contribution in [3.8, 4) is 0 Å². The molecule has 1 N–H and O–H groups in total. The van der Waals surface area contributed by atoms with E-state index < -0.39 is 107 Å². The number of carbonyl (C=O) groups is 6. The summed E-state index contributed by atoms with van der Waals surface area (Å²) in [7, 11) is 4.18. The highest BCUT2D eigenvalue weighted by atomic mass is 16.6. The minimum absolute atomic E-state index is 0.00240. The van der Waals surface area contributed by atoms with Gasteiger partial charge in [0.15, 0.2) is 12.2 Å².